The van der Waals surface area contributed by atoms with Crippen molar-refractivity contribution in [3.63, 3.8) is 0 Å². The Morgan fingerprint density at radius 3 is 2.47 bits per heavy atom. The Hall–Kier alpha value is -3.46. The topological polar surface area (TPSA) is 33.2 Å². The first kappa shape index (κ1) is 19.8. The summed E-state index contributed by atoms with van der Waals surface area (Å²) in [4.78, 5) is 20.1. The Morgan fingerprint density at radius 1 is 0.867 bits per heavy atom. The van der Waals surface area contributed by atoms with Gasteiger partial charge < -0.3 is 4.90 Å². The molecule has 4 aromatic rings. The van der Waals surface area contributed by atoms with Gasteiger partial charge in [0, 0.05) is 24.7 Å². The van der Waals surface area contributed by atoms with Crippen molar-refractivity contribution in [2.75, 3.05) is 6.54 Å². The molecule has 0 aliphatic carbocycles. The molecule has 0 N–H and O–H groups in total. The average molecular weight is 395 g/mol. The molecular weight excluding hydrogens is 368 g/mol. The molecular formula is C27H26N2O. The van der Waals surface area contributed by atoms with Crippen LogP contribution in [0.3, 0.4) is 0 Å². The first-order valence-electron chi connectivity index (χ1n) is 10.4. The lowest BCUT2D eigenvalue weighted by molar-refractivity contribution is 0.0742. The van der Waals surface area contributed by atoms with Crippen LogP contribution in [0.15, 0.2) is 91.1 Å². The molecule has 0 atom stereocenters. The summed E-state index contributed by atoms with van der Waals surface area (Å²) >= 11 is 0. The van der Waals surface area contributed by atoms with Crippen molar-refractivity contribution in [2.45, 2.75) is 26.3 Å². The van der Waals surface area contributed by atoms with Crippen LogP contribution in [-0.4, -0.2) is 22.3 Å². The Bertz CT molecular complexity index is 1130. The molecule has 0 saturated carbocycles. The zero-order chi connectivity index (χ0) is 20.8. The van der Waals surface area contributed by atoms with E-state index in [1.54, 1.807) is 6.20 Å². The third kappa shape index (κ3) is 4.57. The Morgan fingerprint density at radius 2 is 1.63 bits per heavy atom. The fraction of sp³-hybridized carbons (Fsp3) is 0.185. The summed E-state index contributed by atoms with van der Waals surface area (Å²) < 4.78 is 0. The molecule has 3 heteroatoms. The number of hydrogen-bond acceptors (Lipinski definition) is 2. The number of carbonyl (C=O) groups is 1. The van der Waals surface area contributed by atoms with E-state index in [9.17, 15) is 4.79 Å². The van der Waals surface area contributed by atoms with Crippen molar-refractivity contribution < 1.29 is 4.79 Å². The van der Waals surface area contributed by atoms with Gasteiger partial charge in [0.25, 0.3) is 5.91 Å². The van der Waals surface area contributed by atoms with Crippen molar-refractivity contribution in [3.05, 3.63) is 113 Å². The maximum Gasteiger partial charge on any atom is 0.256 e. The number of aryl methyl sites for hydroxylation is 2. The van der Waals surface area contributed by atoms with Gasteiger partial charge in [0.1, 0.15) is 0 Å². The summed E-state index contributed by atoms with van der Waals surface area (Å²) in [5.41, 5.74) is 5.12. The summed E-state index contributed by atoms with van der Waals surface area (Å²) in [7, 11) is 0. The molecule has 3 aromatic carbocycles. The van der Waals surface area contributed by atoms with Gasteiger partial charge >= 0.3 is 0 Å². The minimum Gasteiger partial charge on any atom is -0.334 e. The number of pyridine rings is 1. The lowest BCUT2D eigenvalue weighted by Crippen LogP contribution is -2.32. The molecule has 0 spiro atoms. The van der Waals surface area contributed by atoms with Crippen LogP contribution in [0.2, 0.25) is 0 Å². The highest BCUT2D eigenvalue weighted by Gasteiger charge is 2.19. The Kier molecular flexibility index (Phi) is 6.19. The highest BCUT2D eigenvalue weighted by atomic mass is 16.2. The van der Waals surface area contributed by atoms with Gasteiger partial charge in [-0.3, -0.25) is 9.78 Å². The number of nitrogens with zero attached hydrogens (tertiary/aromatic N) is 2. The molecule has 1 heterocycles. The maximum atomic E-state index is 13.6. The third-order valence-electron chi connectivity index (χ3n) is 5.51. The molecule has 3 nitrogen and oxygen atoms in total. The first-order valence-corrected chi connectivity index (χ1v) is 10.4. The molecule has 0 saturated heterocycles. The molecule has 4 rings (SSSR count). The van der Waals surface area contributed by atoms with Gasteiger partial charge in [-0.25, -0.2) is 0 Å². The number of para-hydroxylation sites is 1. The van der Waals surface area contributed by atoms with E-state index in [2.05, 4.69) is 48.3 Å². The third-order valence-corrected chi connectivity index (χ3v) is 5.51. The molecule has 0 aliphatic heterocycles. The monoisotopic (exact) mass is 394 g/mol. The smallest absolute Gasteiger partial charge is 0.256 e. The summed E-state index contributed by atoms with van der Waals surface area (Å²) in [5.74, 6) is 0.0376. The summed E-state index contributed by atoms with van der Waals surface area (Å²) in [6.45, 7) is 3.40. The van der Waals surface area contributed by atoms with Crippen molar-refractivity contribution in [2.24, 2.45) is 0 Å². The van der Waals surface area contributed by atoms with Crippen LogP contribution in [0.5, 0.6) is 0 Å². The first-order chi connectivity index (χ1) is 14.7. The van der Waals surface area contributed by atoms with Crippen molar-refractivity contribution in [1.29, 1.82) is 0 Å². The minimum absolute atomic E-state index is 0.0376. The van der Waals surface area contributed by atoms with E-state index in [1.165, 1.54) is 16.7 Å². The van der Waals surface area contributed by atoms with E-state index < -0.39 is 0 Å². The number of fused-ring (bicyclic) bond motifs is 1. The standard InChI is InChI=1S/C27H26N2O/c1-21-10-5-6-14-24(21)20-29(19-9-13-22-11-3-2-4-12-22)27(30)25-17-7-15-23-16-8-18-28-26(23)25/h2-8,10-12,14-18H,9,13,19-20H2,1H3. The van der Waals surface area contributed by atoms with E-state index in [0.717, 1.165) is 23.7 Å². The summed E-state index contributed by atoms with van der Waals surface area (Å²) in [6.07, 6.45) is 3.62. The number of benzene rings is 3. The van der Waals surface area contributed by atoms with E-state index >= 15 is 0 Å². The summed E-state index contributed by atoms with van der Waals surface area (Å²) in [6, 6.07) is 28.4. The zero-order valence-electron chi connectivity index (χ0n) is 17.3. The maximum absolute atomic E-state index is 13.6. The highest BCUT2D eigenvalue weighted by molar-refractivity contribution is 6.05. The fourth-order valence-electron chi connectivity index (χ4n) is 3.81. The average Bonchev–Trinajstić information content (AvgIpc) is 2.79. The number of hydrogen-bond donors (Lipinski definition) is 0. The molecule has 0 radical (unpaired) electrons. The molecule has 0 aliphatic rings. The van der Waals surface area contributed by atoms with Crippen LogP contribution < -0.4 is 0 Å². The number of aromatic nitrogens is 1. The minimum atomic E-state index is 0.0376. The Labute approximate surface area is 178 Å². The molecule has 0 unspecified atom stereocenters. The Balaban J connectivity index is 1.60. The normalized spacial score (nSPS) is 10.8. The van der Waals surface area contributed by atoms with Gasteiger partial charge in [-0.2, -0.15) is 0 Å². The van der Waals surface area contributed by atoms with Gasteiger partial charge in [0.2, 0.25) is 0 Å². The SMILES string of the molecule is Cc1ccccc1CN(CCCc1ccccc1)C(=O)c1cccc2cccnc12. The van der Waals surface area contributed by atoms with E-state index in [1.807, 2.05) is 53.4 Å². The number of carbonyl (C=O) groups excluding carboxylic acids is 1. The predicted molar refractivity (Wildman–Crippen MR) is 122 cm³/mol. The van der Waals surface area contributed by atoms with E-state index in [-0.39, 0.29) is 5.91 Å². The van der Waals surface area contributed by atoms with Gasteiger partial charge in [0.15, 0.2) is 0 Å². The van der Waals surface area contributed by atoms with Crippen LogP contribution in [-0.2, 0) is 13.0 Å². The molecule has 0 fully saturated rings. The largest absolute Gasteiger partial charge is 0.334 e. The second-order valence-electron chi connectivity index (χ2n) is 7.62. The molecule has 1 amide bonds. The highest BCUT2D eigenvalue weighted by Crippen LogP contribution is 2.20. The predicted octanol–water partition coefficient (Wildman–Crippen LogP) is 5.82. The molecule has 1 aromatic heterocycles. The second kappa shape index (κ2) is 9.36. The van der Waals surface area contributed by atoms with Crippen LogP contribution in [0, 0.1) is 6.92 Å². The number of amides is 1. The van der Waals surface area contributed by atoms with E-state index in [0.29, 0.717) is 18.7 Å². The van der Waals surface area contributed by atoms with Gasteiger partial charge in [0.05, 0.1) is 11.1 Å². The number of rotatable bonds is 7. The molecule has 150 valence electrons. The second-order valence-corrected chi connectivity index (χ2v) is 7.62. The van der Waals surface area contributed by atoms with Crippen LogP contribution in [0.4, 0.5) is 0 Å². The van der Waals surface area contributed by atoms with Crippen LogP contribution in [0.25, 0.3) is 10.9 Å². The fourth-order valence-corrected chi connectivity index (χ4v) is 3.81. The van der Waals surface area contributed by atoms with Crippen molar-refractivity contribution in [3.8, 4) is 0 Å². The van der Waals surface area contributed by atoms with Crippen LogP contribution >= 0.6 is 0 Å². The quantitative estimate of drug-likeness (QED) is 0.396. The van der Waals surface area contributed by atoms with Crippen molar-refractivity contribution >= 4 is 16.8 Å². The lowest BCUT2D eigenvalue weighted by Gasteiger charge is -2.24. The van der Waals surface area contributed by atoms with E-state index in [4.69, 9.17) is 0 Å². The van der Waals surface area contributed by atoms with Crippen LogP contribution in [0.1, 0.15) is 33.5 Å². The van der Waals surface area contributed by atoms with Crippen molar-refractivity contribution in [1.82, 2.24) is 9.88 Å². The van der Waals surface area contributed by atoms with Gasteiger partial charge in [-0.05, 0) is 48.6 Å². The van der Waals surface area contributed by atoms with Gasteiger partial charge in [-0.1, -0.05) is 72.8 Å². The van der Waals surface area contributed by atoms with Gasteiger partial charge in [-0.15, -0.1) is 0 Å². The zero-order valence-corrected chi connectivity index (χ0v) is 17.3. The lowest BCUT2D eigenvalue weighted by atomic mass is 10.0. The molecule has 30 heavy (non-hydrogen) atoms. The molecule has 0 bridgehead atoms. The summed E-state index contributed by atoms with van der Waals surface area (Å²) in [5, 5.41) is 0.989.